The third kappa shape index (κ3) is 11.0. The molecule has 1 heterocycles. The Hall–Kier alpha value is -0.880. The van der Waals surface area contributed by atoms with Crippen LogP contribution in [0.25, 0.3) is 0 Å². The molecule has 8 N–H and O–H groups in total. The fourth-order valence-corrected chi connectivity index (χ4v) is 0.227. The van der Waals surface area contributed by atoms with Crippen molar-refractivity contribution in [2.45, 2.75) is 0 Å². The van der Waals surface area contributed by atoms with Crippen molar-refractivity contribution in [1.82, 2.24) is 0 Å². The highest BCUT2D eigenvalue weighted by Crippen LogP contribution is 1.79. The molecule has 5 heteroatoms. The van der Waals surface area contributed by atoms with Gasteiger partial charge in [-0.1, -0.05) is 0 Å². The van der Waals surface area contributed by atoms with E-state index >= 15 is 0 Å². The highest BCUT2D eigenvalue weighted by Gasteiger charge is 1.58. The van der Waals surface area contributed by atoms with E-state index in [1.54, 1.807) is 12.5 Å². The van der Waals surface area contributed by atoms with Crippen LogP contribution in [0.5, 0.6) is 0 Å². The summed E-state index contributed by atoms with van der Waals surface area (Å²) in [4.78, 5) is 0. The highest BCUT2D eigenvalue weighted by atomic mass is 16.3. The van der Waals surface area contributed by atoms with Crippen molar-refractivity contribution in [3.05, 3.63) is 24.7 Å². The molecule has 1 aromatic rings. The van der Waals surface area contributed by atoms with Gasteiger partial charge in [0.1, 0.15) is 0 Å². The maximum absolute atomic E-state index is 4.58. The molecular formula is C4H12O5. The molecule has 0 atom stereocenters. The number of furan rings is 1. The second kappa shape index (κ2) is 15.7. The Morgan fingerprint density at radius 2 is 1.00 bits per heavy atom. The minimum absolute atomic E-state index is 0. The van der Waals surface area contributed by atoms with Crippen molar-refractivity contribution < 1.29 is 26.3 Å². The van der Waals surface area contributed by atoms with E-state index in [0.717, 1.165) is 0 Å². The van der Waals surface area contributed by atoms with Crippen LogP contribution in [0.1, 0.15) is 0 Å². The average molecular weight is 140 g/mol. The van der Waals surface area contributed by atoms with Crippen molar-refractivity contribution in [2.75, 3.05) is 0 Å². The molecule has 0 bridgehead atoms. The lowest BCUT2D eigenvalue weighted by atomic mass is 10.7. The minimum Gasteiger partial charge on any atom is -0.473 e. The van der Waals surface area contributed by atoms with Crippen LogP contribution in [0.3, 0.4) is 0 Å². The molecule has 0 spiro atoms. The van der Waals surface area contributed by atoms with Crippen LogP contribution in [-0.4, -0.2) is 21.9 Å². The third-order valence-electron chi connectivity index (χ3n) is 0.425. The monoisotopic (exact) mass is 140 g/mol. The predicted molar refractivity (Wildman–Crippen MR) is 33.2 cm³/mol. The van der Waals surface area contributed by atoms with Gasteiger partial charge in [0.05, 0.1) is 12.5 Å². The normalized spacial score (nSPS) is 4.44. The van der Waals surface area contributed by atoms with E-state index in [1.165, 1.54) is 0 Å². The molecule has 9 heavy (non-hydrogen) atoms. The third-order valence-corrected chi connectivity index (χ3v) is 0.425. The highest BCUT2D eigenvalue weighted by molar-refractivity contribution is 4.79. The topological polar surface area (TPSA) is 139 Å². The second-order valence-corrected chi connectivity index (χ2v) is 0.793. The molecule has 0 fully saturated rings. The van der Waals surface area contributed by atoms with Crippen molar-refractivity contribution in [3.8, 4) is 0 Å². The van der Waals surface area contributed by atoms with Gasteiger partial charge in [-0.05, 0) is 12.1 Å². The average Bonchev–Trinajstić information content (AvgIpc) is 1.76. The Labute approximate surface area is 52.1 Å². The molecule has 0 aromatic carbocycles. The summed E-state index contributed by atoms with van der Waals surface area (Å²) in [5.41, 5.74) is 0. The molecule has 0 saturated heterocycles. The van der Waals surface area contributed by atoms with Gasteiger partial charge < -0.3 is 26.3 Å². The van der Waals surface area contributed by atoms with Gasteiger partial charge in [-0.25, -0.2) is 0 Å². The molecule has 1 rings (SSSR count). The lowest BCUT2D eigenvalue weighted by Gasteiger charge is -1.50. The van der Waals surface area contributed by atoms with Gasteiger partial charge >= 0.3 is 0 Å². The molecule has 0 amide bonds. The molecule has 0 aliphatic rings. The second-order valence-electron chi connectivity index (χ2n) is 0.793. The maximum atomic E-state index is 4.58. The molecule has 58 valence electrons. The first-order valence-electron chi connectivity index (χ1n) is 1.47. The summed E-state index contributed by atoms with van der Waals surface area (Å²) in [7, 11) is 0. The summed E-state index contributed by atoms with van der Waals surface area (Å²) in [5, 5.41) is 0. The summed E-state index contributed by atoms with van der Waals surface area (Å²) < 4.78 is 4.58. The van der Waals surface area contributed by atoms with Gasteiger partial charge in [0.2, 0.25) is 0 Å². The molecule has 5 nitrogen and oxygen atoms in total. The van der Waals surface area contributed by atoms with Gasteiger partial charge in [0.25, 0.3) is 0 Å². The number of hydrogen-bond acceptors (Lipinski definition) is 1. The SMILES string of the molecule is O.O.O.O.c1ccoc1. The van der Waals surface area contributed by atoms with Crippen molar-refractivity contribution in [2.24, 2.45) is 0 Å². The molecule has 0 radical (unpaired) electrons. The van der Waals surface area contributed by atoms with Crippen LogP contribution in [0.2, 0.25) is 0 Å². The largest absolute Gasteiger partial charge is 0.473 e. The van der Waals surface area contributed by atoms with Gasteiger partial charge in [-0.2, -0.15) is 0 Å². The van der Waals surface area contributed by atoms with Crippen LogP contribution in [0, 0.1) is 0 Å². The number of rotatable bonds is 0. The Morgan fingerprint density at radius 3 is 1.11 bits per heavy atom. The summed E-state index contributed by atoms with van der Waals surface area (Å²) >= 11 is 0. The van der Waals surface area contributed by atoms with E-state index in [0.29, 0.717) is 0 Å². The lowest BCUT2D eigenvalue weighted by molar-refractivity contribution is 0.567. The van der Waals surface area contributed by atoms with Gasteiger partial charge in [0.15, 0.2) is 0 Å². The summed E-state index contributed by atoms with van der Waals surface area (Å²) in [6, 6.07) is 3.67. The van der Waals surface area contributed by atoms with E-state index in [1.807, 2.05) is 12.1 Å². The van der Waals surface area contributed by atoms with Crippen molar-refractivity contribution in [3.63, 3.8) is 0 Å². The zero-order valence-electron chi connectivity index (χ0n) is 4.72. The van der Waals surface area contributed by atoms with Crippen molar-refractivity contribution >= 4 is 0 Å². The van der Waals surface area contributed by atoms with E-state index < -0.39 is 0 Å². The first-order valence-corrected chi connectivity index (χ1v) is 1.47. The zero-order chi connectivity index (χ0) is 3.54. The van der Waals surface area contributed by atoms with Gasteiger partial charge in [0, 0.05) is 0 Å². The standard InChI is InChI=1S/C4H4O.4H2O/c1-2-4-5-3-1;;;;/h1-4H;4*1H2. The summed E-state index contributed by atoms with van der Waals surface area (Å²) in [6.45, 7) is 0. The van der Waals surface area contributed by atoms with E-state index in [-0.39, 0.29) is 21.9 Å². The van der Waals surface area contributed by atoms with Gasteiger partial charge in [-0.15, -0.1) is 0 Å². The van der Waals surface area contributed by atoms with E-state index in [4.69, 9.17) is 0 Å². The molecule has 0 unspecified atom stereocenters. The van der Waals surface area contributed by atoms with Crippen LogP contribution >= 0.6 is 0 Å². The number of hydrogen-bond donors (Lipinski definition) is 0. The molecular weight excluding hydrogens is 128 g/mol. The Balaban J connectivity index is -0.0000000312. The van der Waals surface area contributed by atoms with Gasteiger partial charge in [-0.3, -0.25) is 0 Å². The maximum Gasteiger partial charge on any atom is 0.0902 e. The first-order chi connectivity index (χ1) is 2.50. The molecule has 1 aromatic heterocycles. The first kappa shape index (κ1) is 24.3. The predicted octanol–water partition coefficient (Wildman–Crippen LogP) is -2.02. The molecule has 0 aliphatic carbocycles. The fraction of sp³-hybridized carbons (Fsp3) is 0. The van der Waals surface area contributed by atoms with Crippen LogP contribution in [-0.2, 0) is 0 Å². The smallest absolute Gasteiger partial charge is 0.0902 e. The van der Waals surface area contributed by atoms with Crippen LogP contribution in [0.15, 0.2) is 29.1 Å². The Bertz CT molecular complexity index is 65.4. The summed E-state index contributed by atoms with van der Waals surface area (Å²) in [6.07, 6.45) is 3.25. The van der Waals surface area contributed by atoms with Crippen molar-refractivity contribution in [1.29, 1.82) is 0 Å². The zero-order valence-corrected chi connectivity index (χ0v) is 4.72. The minimum atomic E-state index is 0. The Morgan fingerprint density at radius 1 is 0.667 bits per heavy atom. The fourth-order valence-electron chi connectivity index (χ4n) is 0.227. The van der Waals surface area contributed by atoms with Crippen LogP contribution < -0.4 is 0 Å². The Kier molecular flexibility index (Phi) is 42.3. The molecule has 0 saturated carbocycles. The quantitative estimate of drug-likeness (QED) is 0.403. The van der Waals surface area contributed by atoms with E-state index in [9.17, 15) is 0 Å². The molecule has 0 aliphatic heterocycles. The van der Waals surface area contributed by atoms with E-state index in [2.05, 4.69) is 4.42 Å². The summed E-state index contributed by atoms with van der Waals surface area (Å²) in [5.74, 6) is 0. The lowest BCUT2D eigenvalue weighted by Crippen LogP contribution is -1.16. The van der Waals surface area contributed by atoms with Crippen LogP contribution in [0.4, 0.5) is 0 Å².